The normalized spacial score (nSPS) is 18.4. The second kappa shape index (κ2) is 10.1. The molecule has 2 N–H and O–H groups in total. The molecule has 36 heavy (non-hydrogen) atoms. The SMILES string of the molecule is CC(C(=O)Nc1ccc(Oc2cc(F)c(F)cc2F)cn1)N1CCC(F)(F)[C@@H](c2ccc(=O)[nH]c2)C1. The number of halogens is 5. The Bertz CT molecular complexity index is 1300. The summed E-state index contributed by atoms with van der Waals surface area (Å²) in [5, 5.41) is 2.57. The van der Waals surface area contributed by atoms with Crippen LogP contribution in [-0.2, 0) is 4.79 Å². The Kier molecular flexibility index (Phi) is 7.07. The number of pyridine rings is 2. The molecule has 0 radical (unpaired) electrons. The van der Waals surface area contributed by atoms with Gasteiger partial charge in [0.05, 0.1) is 18.2 Å². The average Bonchev–Trinajstić information content (AvgIpc) is 2.84. The van der Waals surface area contributed by atoms with Gasteiger partial charge in [0, 0.05) is 43.9 Å². The average molecular weight is 508 g/mol. The lowest BCUT2D eigenvalue weighted by atomic mass is 9.87. The Labute approximate surface area is 201 Å². The topological polar surface area (TPSA) is 87.3 Å². The number of piperidine rings is 1. The van der Waals surface area contributed by atoms with E-state index in [9.17, 15) is 31.5 Å². The number of likely N-dealkylation sites (tertiary alicyclic amines) is 1. The van der Waals surface area contributed by atoms with Crippen LogP contribution in [0.1, 0.15) is 24.8 Å². The van der Waals surface area contributed by atoms with Gasteiger partial charge in [0.1, 0.15) is 11.6 Å². The molecule has 1 unspecified atom stereocenters. The van der Waals surface area contributed by atoms with Crippen molar-refractivity contribution in [2.75, 3.05) is 18.4 Å². The number of rotatable bonds is 6. The van der Waals surface area contributed by atoms with E-state index in [1.807, 2.05) is 0 Å². The van der Waals surface area contributed by atoms with Crippen LogP contribution in [0.15, 0.2) is 53.6 Å². The minimum Gasteiger partial charge on any atom is -0.453 e. The highest BCUT2D eigenvalue weighted by atomic mass is 19.3. The summed E-state index contributed by atoms with van der Waals surface area (Å²) in [7, 11) is 0. The maximum absolute atomic E-state index is 14.6. The number of ether oxygens (including phenoxy) is 1. The van der Waals surface area contributed by atoms with Crippen LogP contribution in [0.4, 0.5) is 27.8 Å². The Balaban J connectivity index is 1.40. The van der Waals surface area contributed by atoms with E-state index in [0.29, 0.717) is 12.1 Å². The molecule has 0 saturated carbocycles. The van der Waals surface area contributed by atoms with Crippen LogP contribution >= 0.6 is 0 Å². The monoisotopic (exact) mass is 508 g/mol. The number of alkyl halides is 2. The van der Waals surface area contributed by atoms with E-state index in [1.54, 1.807) is 11.8 Å². The predicted octanol–water partition coefficient (Wildman–Crippen LogP) is 4.43. The van der Waals surface area contributed by atoms with Gasteiger partial charge < -0.3 is 15.0 Å². The van der Waals surface area contributed by atoms with Crippen molar-refractivity contribution in [3.8, 4) is 11.5 Å². The summed E-state index contributed by atoms with van der Waals surface area (Å²) in [6.45, 7) is 1.46. The van der Waals surface area contributed by atoms with Crippen LogP contribution in [0.2, 0.25) is 0 Å². The van der Waals surface area contributed by atoms with E-state index in [4.69, 9.17) is 4.74 Å². The number of aromatic amines is 1. The van der Waals surface area contributed by atoms with E-state index >= 15 is 0 Å². The first-order valence-electron chi connectivity index (χ1n) is 10.9. The highest BCUT2D eigenvalue weighted by molar-refractivity contribution is 5.93. The molecule has 0 aliphatic carbocycles. The number of aromatic nitrogens is 2. The van der Waals surface area contributed by atoms with Gasteiger partial charge in [-0.3, -0.25) is 14.5 Å². The van der Waals surface area contributed by atoms with E-state index < -0.39 is 59.0 Å². The number of carbonyl (C=O) groups excluding carboxylic acids is 1. The molecule has 3 heterocycles. The molecule has 1 fully saturated rings. The van der Waals surface area contributed by atoms with E-state index in [0.717, 1.165) is 6.20 Å². The van der Waals surface area contributed by atoms with Crippen molar-refractivity contribution in [3.05, 3.63) is 82.2 Å². The van der Waals surface area contributed by atoms with Gasteiger partial charge in [-0.15, -0.1) is 0 Å². The summed E-state index contributed by atoms with van der Waals surface area (Å²) in [6, 6.07) is 5.36. The molecule has 0 bridgehead atoms. The Hall–Kier alpha value is -3.80. The van der Waals surface area contributed by atoms with E-state index in [2.05, 4.69) is 15.3 Å². The molecule has 3 aromatic rings. The molecule has 1 aliphatic rings. The fraction of sp³-hybridized carbons (Fsp3) is 0.292. The minimum atomic E-state index is -3.00. The second-order valence-electron chi connectivity index (χ2n) is 8.39. The Morgan fingerprint density at radius 3 is 2.58 bits per heavy atom. The summed E-state index contributed by atoms with van der Waals surface area (Å²) in [6.07, 6.45) is 1.95. The first-order chi connectivity index (χ1) is 17.0. The number of nitrogens with one attached hydrogen (secondary N) is 2. The Morgan fingerprint density at radius 1 is 1.17 bits per heavy atom. The number of carbonyl (C=O) groups is 1. The first-order valence-corrected chi connectivity index (χ1v) is 10.9. The maximum atomic E-state index is 14.6. The van der Waals surface area contributed by atoms with Gasteiger partial charge in [0.15, 0.2) is 23.2 Å². The molecule has 1 amide bonds. The van der Waals surface area contributed by atoms with Crippen LogP contribution < -0.4 is 15.6 Å². The van der Waals surface area contributed by atoms with Gasteiger partial charge in [-0.2, -0.15) is 0 Å². The molecule has 7 nitrogen and oxygen atoms in total. The molecule has 12 heteroatoms. The number of amides is 1. The van der Waals surface area contributed by atoms with Gasteiger partial charge in [-0.25, -0.2) is 26.9 Å². The molecule has 1 aliphatic heterocycles. The molecular formula is C24H21F5N4O3. The third kappa shape index (κ3) is 5.54. The summed E-state index contributed by atoms with van der Waals surface area (Å²) in [5.74, 6) is -8.86. The number of nitrogens with zero attached hydrogens (tertiary/aromatic N) is 2. The lowest BCUT2D eigenvalue weighted by molar-refractivity contribution is -0.125. The molecular weight excluding hydrogens is 487 g/mol. The molecule has 2 aromatic heterocycles. The third-order valence-corrected chi connectivity index (χ3v) is 5.99. The smallest absolute Gasteiger partial charge is 0.257 e. The fourth-order valence-corrected chi connectivity index (χ4v) is 3.89. The van der Waals surface area contributed by atoms with Gasteiger partial charge >= 0.3 is 0 Å². The van der Waals surface area contributed by atoms with Crippen molar-refractivity contribution in [1.82, 2.24) is 14.9 Å². The zero-order chi connectivity index (χ0) is 26.0. The van der Waals surface area contributed by atoms with Crippen molar-refractivity contribution in [1.29, 1.82) is 0 Å². The molecule has 0 spiro atoms. The zero-order valence-corrected chi connectivity index (χ0v) is 18.9. The standard InChI is InChI=1S/C24H21F5N4O3/c1-13(33-7-6-24(28,29)16(12-33)14-2-5-22(34)31-10-14)23(35)32-21-4-3-15(11-30-21)36-20-9-18(26)17(25)8-19(20)27/h2-5,8-11,13,16H,6-7,12H2,1H3,(H,31,34)(H,30,32,35)/t13?,16-/m1/s1. The number of H-pyrrole nitrogens is 1. The van der Waals surface area contributed by atoms with Gasteiger partial charge in [0.2, 0.25) is 11.5 Å². The molecule has 1 saturated heterocycles. The molecule has 4 rings (SSSR count). The van der Waals surface area contributed by atoms with Crippen LogP contribution in [0.25, 0.3) is 0 Å². The van der Waals surface area contributed by atoms with Gasteiger partial charge in [-0.05, 0) is 24.6 Å². The highest BCUT2D eigenvalue weighted by Crippen LogP contribution is 2.40. The fourth-order valence-electron chi connectivity index (χ4n) is 3.89. The number of benzene rings is 1. The summed E-state index contributed by atoms with van der Waals surface area (Å²) >= 11 is 0. The lowest BCUT2D eigenvalue weighted by Crippen LogP contribution is -2.52. The van der Waals surface area contributed by atoms with Crippen molar-refractivity contribution >= 4 is 11.7 Å². The Morgan fingerprint density at radius 2 is 1.92 bits per heavy atom. The van der Waals surface area contributed by atoms with Gasteiger partial charge in [0.25, 0.3) is 5.92 Å². The number of hydrogen-bond acceptors (Lipinski definition) is 5. The van der Waals surface area contributed by atoms with Crippen molar-refractivity contribution < 1.29 is 31.5 Å². The third-order valence-electron chi connectivity index (χ3n) is 5.99. The van der Waals surface area contributed by atoms with E-state index in [1.165, 1.54) is 30.5 Å². The van der Waals surface area contributed by atoms with Crippen LogP contribution in [0.5, 0.6) is 11.5 Å². The minimum absolute atomic E-state index is 0.00737. The van der Waals surface area contributed by atoms with Crippen molar-refractivity contribution in [3.63, 3.8) is 0 Å². The lowest BCUT2D eigenvalue weighted by Gasteiger charge is -2.40. The van der Waals surface area contributed by atoms with Crippen molar-refractivity contribution in [2.24, 2.45) is 0 Å². The first kappa shape index (κ1) is 25.3. The quantitative estimate of drug-likeness (QED) is 0.380. The number of hydrogen-bond donors (Lipinski definition) is 2. The summed E-state index contributed by atoms with van der Waals surface area (Å²) < 4.78 is 74.5. The summed E-state index contributed by atoms with van der Waals surface area (Å²) in [4.78, 5) is 32.1. The maximum Gasteiger partial charge on any atom is 0.257 e. The molecule has 1 aromatic carbocycles. The number of anilines is 1. The molecule has 190 valence electrons. The zero-order valence-electron chi connectivity index (χ0n) is 18.9. The summed E-state index contributed by atoms with van der Waals surface area (Å²) in [5.41, 5.74) is -0.131. The van der Waals surface area contributed by atoms with Crippen LogP contribution in [0, 0.1) is 17.5 Å². The van der Waals surface area contributed by atoms with Crippen molar-refractivity contribution in [2.45, 2.75) is 31.2 Å². The van der Waals surface area contributed by atoms with Crippen LogP contribution in [-0.4, -0.2) is 45.8 Å². The van der Waals surface area contributed by atoms with E-state index in [-0.39, 0.29) is 30.2 Å². The van der Waals surface area contributed by atoms with Crippen LogP contribution in [0.3, 0.4) is 0 Å². The largest absolute Gasteiger partial charge is 0.453 e. The van der Waals surface area contributed by atoms with Gasteiger partial charge in [-0.1, -0.05) is 6.07 Å². The predicted molar refractivity (Wildman–Crippen MR) is 120 cm³/mol. The molecule has 2 atom stereocenters. The highest BCUT2D eigenvalue weighted by Gasteiger charge is 2.46. The second-order valence-corrected chi connectivity index (χ2v) is 8.39.